The van der Waals surface area contributed by atoms with Gasteiger partial charge in [0.25, 0.3) is 0 Å². The molecule has 0 amide bonds. The van der Waals surface area contributed by atoms with Crippen LogP contribution in [0, 0.1) is 28.6 Å². The monoisotopic (exact) mass is 494 g/mol. The predicted molar refractivity (Wildman–Crippen MR) is 133 cm³/mol. The van der Waals surface area contributed by atoms with Gasteiger partial charge in [0.15, 0.2) is 0 Å². The first-order valence-electron chi connectivity index (χ1n) is 13.6. The zero-order valence-corrected chi connectivity index (χ0v) is 21.9. The molecule has 3 saturated carbocycles. The van der Waals surface area contributed by atoms with E-state index in [1.807, 2.05) is 25.1 Å². The molecule has 4 aliphatic carbocycles. The zero-order valence-electron chi connectivity index (χ0n) is 21.9. The Bertz CT molecular complexity index is 1090. The van der Waals surface area contributed by atoms with Crippen LogP contribution in [0.5, 0.6) is 0 Å². The summed E-state index contributed by atoms with van der Waals surface area (Å²) in [5.74, 6) is 0.0554. The quantitative estimate of drug-likeness (QED) is 0.299. The molecule has 7 rings (SSSR count). The Morgan fingerprint density at radius 2 is 1.81 bits per heavy atom. The maximum Gasteiger partial charge on any atom is 0.338 e. The summed E-state index contributed by atoms with van der Waals surface area (Å²) in [6, 6.07) is 9.20. The highest BCUT2D eigenvalue weighted by atomic mass is 17.2. The summed E-state index contributed by atoms with van der Waals surface area (Å²) < 4.78 is 11.1. The number of carbonyl (C=O) groups is 2. The highest BCUT2D eigenvalue weighted by Gasteiger charge is 2.74. The SMILES string of the molecule is COC(=O)[C@@H](C)[C@@H]1CC[C@H]2[C@@]1(C)CC=C1[C@]23CC[C@@]2(C[C@H](OC(=O)c4ccccc4)CC[C@]12C)OO3. The summed E-state index contributed by atoms with van der Waals surface area (Å²) in [6.07, 6.45) is 9.41. The third-order valence-corrected chi connectivity index (χ3v) is 11.0. The van der Waals surface area contributed by atoms with Crippen molar-refractivity contribution in [3.63, 3.8) is 0 Å². The van der Waals surface area contributed by atoms with Crippen LogP contribution in [-0.2, 0) is 24.0 Å². The van der Waals surface area contributed by atoms with Gasteiger partial charge in [0.1, 0.15) is 17.3 Å². The van der Waals surface area contributed by atoms with Gasteiger partial charge < -0.3 is 9.47 Å². The molecular weight excluding hydrogens is 456 g/mol. The molecule has 2 bridgehead atoms. The van der Waals surface area contributed by atoms with Gasteiger partial charge in [0, 0.05) is 17.8 Å². The van der Waals surface area contributed by atoms with Gasteiger partial charge in [-0.25, -0.2) is 14.6 Å². The first-order chi connectivity index (χ1) is 17.2. The second-order valence-corrected chi connectivity index (χ2v) is 12.4. The van der Waals surface area contributed by atoms with Crippen molar-refractivity contribution in [3.8, 4) is 0 Å². The van der Waals surface area contributed by atoms with Crippen LogP contribution in [0.1, 0.15) is 82.5 Å². The van der Waals surface area contributed by atoms with Gasteiger partial charge in [-0.2, -0.15) is 0 Å². The maximum atomic E-state index is 12.8. The molecule has 0 aromatic heterocycles. The molecule has 1 aromatic rings. The van der Waals surface area contributed by atoms with Crippen LogP contribution in [0.4, 0.5) is 0 Å². The molecule has 0 unspecified atom stereocenters. The van der Waals surface area contributed by atoms with E-state index in [4.69, 9.17) is 19.2 Å². The van der Waals surface area contributed by atoms with Crippen molar-refractivity contribution in [2.45, 2.75) is 89.4 Å². The lowest BCUT2D eigenvalue weighted by molar-refractivity contribution is -0.494. The molecule has 2 aliphatic heterocycles. The highest BCUT2D eigenvalue weighted by molar-refractivity contribution is 5.89. The van der Waals surface area contributed by atoms with Crippen LogP contribution in [0.15, 0.2) is 42.0 Å². The molecule has 0 N–H and O–H groups in total. The number of fused-ring (bicyclic) bond motifs is 3. The Labute approximate surface area is 213 Å². The largest absolute Gasteiger partial charge is 0.469 e. The number of hydrogen-bond donors (Lipinski definition) is 0. The summed E-state index contributed by atoms with van der Waals surface area (Å²) in [4.78, 5) is 38.2. The van der Waals surface area contributed by atoms with E-state index >= 15 is 0 Å². The van der Waals surface area contributed by atoms with E-state index in [0.29, 0.717) is 17.9 Å². The van der Waals surface area contributed by atoms with Crippen LogP contribution in [-0.4, -0.2) is 36.4 Å². The molecule has 0 radical (unpaired) electrons. The second kappa shape index (κ2) is 8.16. The lowest BCUT2D eigenvalue weighted by Gasteiger charge is -2.69. The Balaban J connectivity index is 1.27. The molecule has 5 fully saturated rings. The predicted octanol–water partition coefficient (Wildman–Crippen LogP) is 5.81. The summed E-state index contributed by atoms with van der Waals surface area (Å²) in [7, 11) is 1.48. The van der Waals surface area contributed by atoms with Crippen LogP contribution in [0.25, 0.3) is 0 Å². The average Bonchev–Trinajstić information content (AvgIpc) is 3.26. The third kappa shape index (κ3) is 3.10. The molecule has 6 heteroatoms. The van der Waals surface area contributed by atoms with Crippen LogP contribution in [0.3, 0.4) is 0 Å². The van der Waals surface area contributed by atoms with Gasteiger partial charge in [-0.05, 0) is 74.0 Å². The molecule has 194 valence electrons. The molecular formula is C30H38O6. The molecule has 1 aromatic carbocycles. The van der Waals surface area contributed by atoms with Crippen molar-refractivity contribution < 1.29 is 28.8 Å². The summed E-state index contributed by atoms with van der Waals surface area (Å²) in [6.45, 7) is 6.71. The van der Waals surface area contributed by atoms with E-state index in [2.05, 4.69) is 19.9 Å². The van der Waals surface area contributed by atoms with Crippen molar-refractivity contribution in [1.29, 1.82) is 0 Å². The van der Waals surface area contributed by atoms with Crippen molar-refractivity contribution in [2.24, 2.45) is 28.6 Å². The van der Waals surface area contributed by atoms with Crippen LogP contribution in [0.2, 0.25) is 0 Å². The van der Waals surface area contributed by atoms with E-state index in [0.717, 1.165) is 44.9 Å². The number of allylic oxidation sites excluding steroid dienone is 1. The fourth-order valence-corrected chi connectivity index (χ4v) is 9.06. The Morgan fingerprint density at radius 3 is 2.50 bits per heavy atom. The number of hydrogen-bond acceptors (Lipinski definition) is 6. The fraction of sp³-hybridized carbons (Fsp3) is 0.667. The van der Waals surface area contributed by atoms with Crippen molar-refractivity contribution in [2.75, 3.05) is 7.11 Å². The second-order valence-electron chi connectivity index (χ2n) is 12.4. The zero-order chi connectivity index (χ0) is 25.3. The number of esters is 2. The molecule has 2 saturated heterocycles. The maximum absolute atomic E-state index is 12.8. The molecule has 2 heterocycles. The van der Waals surface area contributed by atoms with Crippen molar-refractivity contribution in [1.82, 2.24) is 0 Å². The minimum absolute atomic E-state index is 0.0312. The van der Waals surface area contributed by atoms with E-state index in [-0.39, 0.29) is 40.7 Å². The normalized spacial score (nSPS) is 43.4. The highest BCUT2D eigenvalue weighted by Crippen LogP contribution is 2.73. The standard InChI is InChI=1S/C30H38O6/c1-19(25(31)33-4)22-10-11-23-27(22,2)14-13-24-28(3)15-12-21(34-26(32)20-8-6-5-7-9-20)18-29(28)16-17-30(23,24)36-35-29/h5-9,13,19,21-23H,10-12,14-18H2,1-4H3/t19-,21+,22-,23-,27-,28+,29-,30-/m0/s1. The number of rotatable bonds is 4. The Kier molecular flexibility index (Phi) is 5.48. The van der Waals surface area contributed by atoms with Gasteiger partial charge >= 0.3 is 11.9 Å². The van der Waals surface area contributed by atoms with E-state index in [1.54, 1.807) is 12.1 Å². The lowest BCUT2D eigenvalue weighted by atomic mass is 9.44. The number of benzene rings is 1. The Hall–Kier alpha value is -2.18. The minimum Gasteiger partial charge on any atom is -0.469 e. The van der Waals surface area contributed by atoms with Crippen LogP contribution >= 0.6 is 0 Å². The number of methoxy groups -OCH3 is 1. The smallest absolute Gasteiger partial charge is 0.338 e. The average molecular weight is 495 g/mol. The Morgan fingerprint density at radius 1 is 1.03 bits per heavy atom. The van der Waals surface area contributed by atoms with Crippen LogP contribution < -0.4 is 0 Å². The molecule has 36 heavy (non-hydrogen) atoms. The first-order valence-corrected chi connectivity index (χ1v) is 13.6. The molecule has 2 spiro atoms. The van der Waals surface area contributed by atoms with Gasteiger partial charge in [0.2, 0.25) is 0 Å². The first kappa shape index (κ1) is 24.2. The summed E-state index contributed by atoms with van der Waals surface area (Å²) in [5, 5.41) is 0. The summed E-state index contributed by atoms with van der Waals surface area (Å²) in [5.41, 5.74) is 0.892. The fourth-order valence-electron chi connectivity index (χ4n) is 9.06. The third-order valence-electron chi connectivity index (χ3n) is 11.0. The topological polar surface area (TPSA) is 71.1 Å². The summed E-state index contributed by atoms with van der Waals surface area (Å²) >= 11 is 0. The lowest BCUT2D eigenvalue weighted by Crippen LogP contribution is -2.71. The van der Waals surface area contributed by atoms with Crippen molar-refractivity contribution >= 4 is 11.9 Å². The molecule has 6 nitrogen and oxygen atoms in total. The number of ether oxygens (including phenoxy) is 2. The van der Waals surface area contributed by atoms with Gasteiger partial charge in [-0.15, -0.1) is 0 Å². The van der Waals surface area contributed by atoms with E-state index in [9.17, 15) is 9.59 Å². The van der Waals surface area contributed by atoms with E-state index < -0.39 is 11.2 Å². The van der Waals surface area contributed by atoms with Gasteiger partial charge in [-0.1, -0.05) is 45.0 Å². The minimum atomic E-state index is -0.481. The van der Waals surface area contributed by atoms with Crippen molar-refractivity contribution in [3.05, 3.63) is 47.5 Å². The van der Waals surface area contributed by atoms with Gasteiger partial charge in [-0.3, -0.25) is 4.79 Å². The number of carbonyl (C=O) groups excluding carboxylic acids is 2. The molecule has 8 atom stereocenters. The molecule has 6 aliphatic rings. The van der Waals surface area contributed by atoms with E-state index in [1.165, 1.54) is 12.7 Å². The van der Waals surface area contributed by atoms with Gasteiger partial charge in [0.05, 0.1) is 18.6 Å².